The van der Waals surface area contributed by atoms with E-state index >= 15 is 0 Å². The molecule has 0 aromatic carbocycles. The molecule has 0 unspecified atom stereocenters. The Kier molecular flexibility index (Phi) is 17.6. The van der Waals surface area contributed by atoms with Gasteiger partial charge in [-0.1, -0.05) is 38.5 Å². The fraction of sp³-hybridized carbons (Fsp3) is 0.762. The summed E-state index contributed by atoms with van der Waals surface area (Å²) >= 11 is 0. The van der Waals surface area contributed by atoms with E-state index in [0.717, 1.165) is 18.3 Å². The van der Waals surface area contributed by atoms with Crippen LogP contribution in [-0.4, -0.2) is 19.0 Å². The molecule has 0 spiro atoms. The van der Waals surface area contributed by atoms with Crippen molar-refractivity contribution in [3.8, 4) is 0 Å². The molecule has 3 aliphatic rings. The zero-order chi connectivity index (χ0) is 15.8. The van der Waals surface area contributed by atoms with Crippen LogP contribution in [0.2, 0.25) is 0 Å². The molecule has 0 atom stereocenters. The SMILES string of the molecule is C[CH-]N(C)C.Cl.Cl.[C-]1=C(C2CCCCC2)C=C(C2CCCCC2)C1.[Ti+2]. The first-order valence-corrected chi connectivity index (χ1v) is 9.47. The van der Waals surface area contributed by atoms with Crippen LogP contribution in [0.3, 0.4) is 0 Å². The Hall–Kier alpha value is 0.734. The minimum atomic E-state index is 0. The Bertz CT molecular complexity index is 381. The van der Waals surface area contributed by atoms with Crippen LogP contribution in [0.1, 0.15) is 77.6 Å². The summed E-state index contributed by atoms with van der Waals surface area (Å²) in [5.41, 5.74) is 3.32. The third kappa shape index (κ3) is 10.0. The normalized spacial score (nSPS) is 21.0. The molecule has 0 radical (unpaired) electrons. The standard InChI is InChI=1S/C17H25.C4H10N.2ClH.Ti/c1-3-7-14(8-4-1)16-11-12-17(13-16)15-9-5-2-6-10-15;1-4-5(2)3;;;/h13-15H,1-11H2;4H,1-3H3;2*1H;/q2*-1;;;+2. The molecule has 0 amide bonds. The van der Waals surface area contributed by atoms with Gasteiger partial charge in [-0.2, -0.15) is 12.5 Å². The predicted molar refractivity (Wildman–Crippen MR) is 111 cm³/mol. The van der Waals surface area contributed by atoms with E-state index < -0.39 is 0 Å². The van der Waals surface area contributed by atoms with Crippen LogP contribution < -0.4 is 0 Å². The molecule has 144 valence electrons. The molecular weight excluding hydrogens is 385 g/mol. The Morgan fingerprint density at radius 1 is 0.880 bits per heavy atom. The van der Waals surface area contributed by atoms with Gasteiger partial charge in [-0.3, -0.25) is 12.6 Å². The first-order valence-electron chi connectivity index (χ1n) is 9.47. The number of rotatable bonds is 3. The molecule has 2 fully saturated rings. The second kappa shape index (κ2) is 15.8. The van der Waals surface area contributed by atoms with Gasteiger partial charge < -0.3 is 4.90 Å². The Morgan fingerprint density at radius 2 is 1.32 bits per heavy atom. The van der Waals surface area contributed by atoms with Crippen molar-refractivity contribution in [2.45, 2.75) is 77.6 Å². The summed E-state index contributed by atoms with van der Waals surface area (Å²) in [5.74, 6) is 1.78. The molecule has 3 aliphatic carbocycles. The van der Waals surface area contributed by atoms with Crippen LogP contribution in [0.15, 0.2) is 17.2 Å². The fourth-order valence-corrected chi connectivity index (χ4v) is 3.92. The van der Waals surface area contributed by atoms with Crippen molar-refractivity contribution in [1.29, 1.82) is 0 Å². The number of hydrogen-bond donors (Lipinski definition) is 0. The molecule has 25 heavy (non-hydrogen) atoms. The summed E-state index contributed by atoms with van der Waals surface area (Å²) in [4.78, 5) is 2.00. The smallest absolute Gasteiger partial charge is 0.462 e. The van der Waals surface area contributed by atoms with Crippen molar-refractivity contribution < 1.29 is 21.7 Å². The number of nitrogens with zero attached hydrogens (tertiary/aromatic N) is 1. The van der Waals surface area contributed by atoms with Gasteiger partial charge in [-0.15, -0.1) is 31.2 Å². The average molecular weight is 422 g/mol. The molecule has 0 bridgehead atoms. The van der Waals surface area contributed by atoms with Gasteiger partial charge in [0.15, 0.2) is 0 Å². The monoisotopic (exact) mass is 421 g/mol. The molecule has 4 heteroatoms. The van der Waals surface area contributed by atoms with Crippen LogP contribution in [0.5, 0.6) is 0 Å². The van der Waals surface area contributed by atoms with Crippen LogP contribution in [0.25, 0.3) is 0 Å². The maximum absolute atomic E-state index is 3.70. The van der Waals surface area contributed by atoms with Crippen LogP contribution in [0.4, 0.5) is 0 Å². The molecule has 1 nitrogen and oxygen atoms in total. The second-order valence-electron chi connectivity index (χ2n) is 7.42. The maximum atomic E-state index is 3.70. The molecule has 0 saturated heterocycles. The van der Waals surface area contributed by atoms with Crippen LogP contribution in [0, 0.1) is 24.5 Å². The molecule has 3 rings (SSSR count). The van der Waals surface area contributed by atoms with Gasteiger partial charge in [-0.05, 0) is 51.6 Å². The van der Waals surface area contributed by atoms with Crippen molar-refractivity contribution in [3.05, 3.63) is 29.8 Å². The van der Waals surface area contributed by atoms with Crippen molar-refractivity contribution in [2.75, 3.05) is 14.1 Å². The summed E-state index contributed by atoms with van der Waals surface area (Å²) in [6.45, 7) is 4.00. The molecule has 0 N–H and O–H groups in total. The van der Waals surface area contributed by atoms with E-state index in [4.69, 9.17) is 0 Å². The number of halogens is 2. The first kappa shape index (κ1) is 27.9. The molecule has 0 aromatic rings. The van der Waals surface area contributed by atoms with Gasteiger partial charge in [-0.25, -0.2) is 11.6 Å². The Morgan fingerprint density at radius 3 is 1.76 bits per heavy atom. The summed E-state index contributed by atoms with van der Waals surface area (Å²) in [6, 6.07) is 0. The summed E-state index contributed by atoms with van der Waals surface area (Å²) in [5, 5.41) is 0. The molecule has 0 aliphatic heterocycles. The van der Waals surface area contributed by atoms with E-state index in [1.54, 1.807) is 11.1 Å². The molecular formula is C21H37Cl2NTi. The zero-order valence-corrected chi connectivity index (χ0v) is 19.5. The molecule has 2 saturated carbocycles. The summed E-state index contributed by atoms with van der Waals surface area (Å²) in [7, 11) is 4.00. The zero-order valence-electron chi connectivity index (χ0n) is 16.4. The first-order chi connectivity index (χ1) is 10.7. The van der Waals surface area contributed by atoms with E-state index in [9.17, 15) is 0 Å². The summed E-state index contributed by atoms with van der Waals surface area (Å²) in [6.07, 6.45) is 21.9. The quantitative estimate of drug-likeness (QED) is 0.358. The third-order valence-electron chi connectivity index (χ3n) is 5.53. The van der Waals surface area contributed by atoms with E-state index in [2.05, 4.69) is 12.2 Å². The van der Waals surface area contributed by atoms with Gasteiger partial charge in [0.05, 0.1) is 0 Å². The van der Waals surface area contributed by atoms with E-state index in [-0.39, 0.29) is 46.5 Å². The summed E-state index contributed by atoms with van der Waals surface area (Å²) < 4.78 is 0. The fourth-order valence-electron chi connectivity index (χ4n) is 3.92. The van der Waals surface area contributed by atoms with Gasteiger partial charge in [0, 0.05) is 0 Å². The predicted octanol–water partition coefficient (Wildman–Crippen LogP) is 6.78. The topological polar surface area (TPSA) is 3.24 Å². The van der Waals surface area contributed by atoms with Gasteiger partial charge in [0.1, 0.15) is 0 Å². The van der Waals surface area contributed by atoms with Crippen molar-refractivity contribution in [2.24, 2.45) is 11.8 Å². The largest absolute Gasteiger partial charge is 2.00 e. The van der Waals surface area contributed by atoms with Gasteiger partial charge >= 0.3 is 21.7 Å². The Labute approximate surface area is 184 Å². The van der Waals surface area contributed by atoms with Crippen molar-refractivity contribution >= 4 is 24.8 Å². The van der Waals surface area contributed by atoms with Gasteiger partial charge in [0.25, 0.3) is 0 Å². The Balaban J connectivity index is 0. The van der Waals surface area contributed by atoms with Crippen molar-refractivity contribution in [1.82, 2.24) is 4.90 Å². The third-order valence-corrected chi connectivity index (χ3v) is 5.53. The van der Waals surface area contributed by atoms with E-state index in [1.165, 1.54) is 64.2 Å². The number of allylic oxidation sites excluding steroid dienone is 4. The van der Waals surface area contributed by atoms with E-state index in [1.807, 2.05) is 32.5 Å². The minimum absolute atomic E-state index is 0. The van der Waals surface area contributed by atoms with Crippen LogP contribution in [-0.2, 0) is 21.7 Å². The van der Waals surface area contributed by atoms with Crippen molar-refractivity contribution in [3.63, 3.8) is 0 Å². The van der Waals surface area contributed by atoms with E-state index in [0.29, 0.717) is 0 Å². The minimum Gasteiger partial charge on any atom is -0.462 e. The van der Waals surface area contributed by atoms with Gasteiger partial charge in [0.2, 0.25) is 0 Å². The molecule has 0 heterocycles. The van der Waals surface area contributed by atoms with Crippen LogP contribution >= 0.6 is 24.8 Å². The maximum Gasteiger partial charge on any atom is 2.00 e. The average Bonchev–Trinajstić information content (AvgIpc) is 3.07. The second-order valence-corrected chi connectivity index (χ2v) is 7.42. The molecule has 0 aromatic heterocycles. The number of hydrogen-bond acceptors (Lipinski definition) is 1.